The van der Waals surface area contributed by atoms with E-state index in [1.54, 1.807) is 0 Å². The van der Waals surface area contributed by atoms with Gasteiger partial charge < -0.3 is 9.16 Å². The van der Waals surface area contributed by atoms with Crippen molar-refractivity contribution < 1.29 is 14.0 Å². The predicted octanol–water partition coefficient (Wildman–Crippen LogP) is 7.04. The Labute approximate surface area is 170 Å². The third kappa shape index (κ3) is 14.3. The van der Waals surface area contributed by atoms with Gasteiger partial charge in [0.2, 0.25) is 3.79 Å². The number of unbranched alkanes of at least 4 members (excludes halogenated alkanes) is 6. The number of esters is 1. The van der Waals surface area contributed by atoms with E-state index in [1.807, 2.05) is 0 Å². The van der Waals surface area contributed by atoms with E-state index in [0.29, 0.717) is 6.42 Å². The molecule has 0 aromatic rings. The summed E-state index contributed by atoms with van der Waals surface area (Å²) in [6, 6.07) is 0. The first-order valence-electron chi connectivity index (χ1n) is 9.21. The summed E-state index contributed by atoms with van der Waals surface area (Å²) in [6.45, 7) is 12.1. The smallest absolute Gasteiger partial charge is 0.305 e. The van der Waals surface area contributed by atoms with Gasteiger partial charge in [0.15, 0.2) is 8.32 Å². The normalized spacial score (nSPS) is 13.1. The first kappa shape index (κ1) is 25.5. The molecule has 150 valence electrons. The second-order valence-corrected chi connectivity index (χ2v) is 15.4. The van der Waals surface area contributed by atoms with Gasteiger partial charge in [-0.2, -0.15) is 0 Å². The van der Waals surface area contributed by atoms with Crippen LogP contribution in [0.4, 0.5) is 0 Å². The molecule has 0 heterocycles. The molecule has 25 heavy (non-hydrogen) atoms. The summed E-state index contributed by atoms with van der Waals surface area (Å²) in [5.74, 6) is -0.297. The summed E-state index contributed by atoms with van der Waals surface area (Å²) in [4.78, 5) is 11.4. The zero-order valence-corrected chi connectivity index (χ0v) is 19.7. The average Bonchev–Trinajstić information content (AvgIpc) is 2.45. The van der Waals surface area contributed by atoms with Crippen LogP contribution in [0, 0.1) is 0 Å². The second kappa shape index (κ2) is 12.1. The Morgan fingerprint density at radius 2 is 1.36 bits per heavy atom. The summed E-state index contributed by atoms with van der Waals surface area (Å²) < 4.78 is 9.53. The van der Waals surface area contributed by atoms with Crippen LogP contribution in [0.2, 0.25) is 18.1 Å². The van der Waals surface area contributed by atoms with Crippen molar-refractivity contribution in [2.24, 2.45) is 0 Å². The van der Waals surface area contributed by atoms with Crippen molar-refractivity contribution in [1.82, 2.24) is 0 Å². The topological polar surface area (TPSA) is 35.5 Å². The molecule has 0 atom stereocenters. The monoisotopic (exact) mass is 432 g/mol. The van der Waals surface area contributed by atoms with E-state index in [9.17, 15) is 4.79 Å². The van der Waals surface area contributed by atoms with E-state index in [-0.39, 0.29) is 17.6 Å². The first-order chi connectivity index (χ1) is 11.4. The molecule has 0 bridgehead atoms. The SMILES string of the molecule is CC(C)(C)[Si](C)(C)OCCCCCCCCCC(=O)OCC(Cl)(Cl)Cl. The maximum absolute atomic E-state index is 11.4. The Hall–Kier alpha value is 0.517. The quantitative estimate of drug-likeness (QED) is 0.143. The van der Waals surface area contributed by atoms with E-state index in [1.165, 1.54) is 19.3 Å². The maximum Gasteiger partial charge on any atom is 0.305 e. The van der Waals surface area contributed by atoms with E-state index in [0.717, 1.165) is 32.3 Å². The fraction of sp³-hybridized carbons (Fsp3) is 0.944. The van der Waals surface area contributed by atoms with Gasteiger partial charge in [-0.25, -0.2) is 0 Å². The van der Waals surface area contributed by atoms with Crippen molar-refractivity contribution in [1.29, 1.82) is 0 Å². The molecule has 0 fully saturated rings. The van der Waals surface area contributed by atoms with Crippen molar-refractivity contribution in [2.75, 3.05) is 13.2 Å². The Kier molecular flexibility index (Phi) is 12.3. The number of ether oxygens (including phenoxy) is 1. The highest BCUT2D eigenvalue weighted by Crippen LogP contribution is 2.36. The zero-order chi connectivity index (χ0) is 19.6. The van der Waals surface area contributed by atoms with Crippen molar-refractivity contribution in [2.45, 2.75) is 94.1 Å². The number of carbonyl (C=O) groups is 1. The Morgan fingerprint density at radius 1 is 0.880 bits per heavy atom. The number of halogens is 3. The molecule has 7 heteroatoms. The van der Waals surface area contributed by atoms with Gasteiger partial charge in [-0.3, -0.25) is 4.79 Å². The molecule has 0 aliphatic carbocycles. The minimum Gasteiger partial charge on any atom is -0.461 e. The second-order valence-electron chi connectivity index (χ2n) is 8.11. The van der Waals surface area contributed by atoms with Crippen LogP contribution in [-0.4, -0.2) is 31.3 Å². The number of hydrogen-bond donors (Lipinski definition) is 0. The minimum atomic E-state index is -1.59. The Morgan fingerprint density at radius 3 is 1.84 bits per heavy atom. The molecule has 0 aliphatic heterocycles. The summed E-state index contributed by atoms with van der Waals surface area (Å²) in [6.07, 6.45) is 8.15. The van der Waals surface area contributed by atoms with E-state index < -0.39 is 12.1 Å². The lowest BCUT2D eigenvalue weighted by atomic mass is 10.1. The molecule has 0 saturated heterocycles. The molecular weight excluding hydrogens is 399 g/mol. The Bertz CT molecular complexity index is 377. The lowest BCUT2D eigenvalue weighted by Crippen LogP contribution is -2.40. The van der Waals surface area contributed by atoms with Crippen molar-refractivity contribution in [3.8, 4) is 0 Å². The van der Waals surface area contributed by atoms with Crippen molar-refractivity contribution >= 4 is 49.1 Å². The highest BCUT2D eigenvalue weighted by atomic mass is 35.6. The molecule has 0 radical (unpaired) electrons. The summed E-state index contributed by atoms with van der Waals surface area (Å²) in [5.41, 5.74) is 0. The largest absolute Gasteiger partial charge is 0.461 e. The van der Waals surface area contributed by atoms with Crippen LogP contribution in [0.25, 0.3) is 0 Å². The lowest BCUT2D eigenvalue weighted by molar-refractivity contribution is -0.143. The van der Waals surface area contributed by atoms with Crippen LogP contribution in [0.1, 0.15) is 72.1 Å². The van der Waals surface area contributed by atoms with Gasteiger partial charge in [-0.05, 0) is 31.0 Å². The molecule has 0 spiro atoms. The number of alkyl halides is 3. The van der Waals surface area contributed by atoms with Crippen LogP contribution in [0.15, 0.2) is 0 Å². The fourth-order valence-electron chi connectivity index (χ4n) is 2.03. The zero-order valence-electron chi connectivity index (χ0n) is 16.4. The molecule has 0 aliphatic rings. The Balaban J connectivity index is 3.47. The molecule has 0 saturated carbocycles. The molecule has 3 nitrogen and oxygen atoms in total. The molecule has 0 amide bonds. The molecule has 0 unspecified atom stereocenters. The van der Waals surface area contributed by atoms with Gasteiger partial charge in [0.05, 0.1) is 0 Å². The predicted molar refractivity (Wildman–Crippen MR) is 111 cm³/mol. The van der Waals surface area contributed by atoms with Crippen LogP contribution < -0.4 is 0 Å². The van der Waals surface area contributed by atoms with Gasteiger partial charge in [-0.1, -0.05) is 87.7 Å². The van der Waals surface area contributed by atoms with E-state index in [2.05, 4.69) is 33.9 Å². The molecule has 0 rings (SSSR count). The van der Waals surface area contributed by atoms with Crippen molar-refractivity contribution in [3.63, 3.8) is 0 Å². The third-order valence-electron chi connectivity index (χ3n) is 4.69. The minimum absolute atomic E-state index is 0.187. The molecule has 0 aromatic heterocycles. The molecule has 0 N–H and O–H groups in total. The maximum atomic E-state index is 11.4. The highest BCUT2D eigenvalue weighted by Gasteiger charge is 2.36. The molecule has 0 aromatic carbocycles. The lowest BCUT2D eigenvalue weighted by Gasteiger charge is -2.36. The molecular formula is C18H35Cl3O3Si. The van der Waals surface area contributed by atoms with Crippen LogP contribution in [-0.2, 0) is 14.0 Å². The number of hydrogen-bond acceptors (Lipinski definition) is 3. The van der Waals surface area contributed by atoms with Crippen LogP contribution >= 0.6 is 34.8 Å². The summed E-state index contributed by atoms with van der Waals surface area (Å²) >= 11 is 16.6. The van der Waals surface area contributed by atoms with Gasteiger partial charge in [0.1, 0.15) is 6.61 Å². The summed E-state index contributed by atoms with van der Waals surface area (Å²) in [7, 11) is -1.59. The fourth-order valence-corrected chi connectivity index (χ4v) is 3.28. The average molecular weight is 434 g/mol. The van der Waals surface area contributed by atoms with Gasteiger partial charge in [-0.15, -0.1) is 0 Å². The summed E-state index contributed by atoms with van der Waals surface area (Å²) in [5, 5.41) is 0.285. The standard InChI is InChI=1S/C18H35Cl3O3Si/c1-17(2,3)25(4,5)24-14-12-10-8-6-7-9-11-13-16(22)23-15-18(19,20)21/h6-15H2,1-5H3. The first-order valence-corrected chi connectivity index (χ1v) is 13.3. The third-order valence-corrected chi connectivity index (χ3v) is 9.56. The van der Waals surface area contributed by atoms with Gasteiger partial charge >= 0.3 is 5.97 Å². The van der Waals surface area contributed by atoms with Crippen molar-refractivity contribution in [3.05, 3.63) is 0 Å². The van der Waals surface area contributed by atoms with Crippen LogP contribution in [0.5, 0.6) is 0 Å². The number of carbonyl (C=O) groups excluding carboxylic acids is 1. The number of rotatable bonds is 12. The van der Waals surface area contributed by atoms with E-state index in [4.69, 9.17) is 44.0 Å². The van der Waals surface area contributed by atoms with Crippen LogP contribution in [0.3, 0.4) is 0 Å². The highest BCUT2D eigenvalue weighted by molar-refractivity contribution is 6.74. The van der Waals surface area contributed by atoms with Gasteiger partial charge in [0.25, 0.3) is 0 Å². The van der Waals surface area contributed by atoms with Gasteiger partial charge in [0, 0.05) is 13.0 Å². The van der Waals surface area contributed by atoms with E-state index >= 15 is 0 Å².